The van der Waals surface area contributed by atoms with Crippen LogP contribution in [0, 0.1) is 6.92 Å². The topological polar surface area (TPSA) is 97.6 Å². The van der Waals surface area contributed by atoms with Crippen LogP contribution in [0.25, 0.3) is 0 Å². The van der Waals surface area contributed by atoms with Crippen LogP contribution in [-0.2, 0) is 11.4 Å². The fraction of sp³-hybridized carbons (Fsp3) is 0.273. The second kappa shape index (κ2) is 8.77. The summed E-state index contributed by atoms with van der Waals surface area (Å²) in [5.74, 6) is 1.36. The van der Waals surface area contributed by atoms with Gasteiger partial charge in [0.1, 0.15) is 5.75 Å². The number of aromatic nitrogens is 2. The predicted molar refractivity (Wildman–Crippen MR) is 108 cm³/mol. The van der Waals surface area contributed by atoms with Gasteiger partial charge >= 0.3 is 0 Å². The van der Waals surface area contributed by atoms with Crippen molar-refractivity contribution in [3.63, 3.8) is 0 Å². The average molecular weight is 406 g/mol. The number of ether oxygens (including phenoxy) is 1. The highest BCUT2D eigenvalue weighted by molar-refractivity contribution is 5.95. The molecule has 1 unspecified atom stereocenters. The number of rotatable bonds is 5. The van der Waals surface area contributed by atoms with Crippen LogP contribution in [0.4, 0.5) is 0 Å². The number of nitrogens with zero attached hydrogens (tertiary/aromatic N) is 3. The molecule has 1 fully saturated rings. The van der Waals surface area contributed by atoms with Gasteiger partial charge in [0.25, 0.3) is 5.91 Å². The first-order chi connectivity index (χ1) is 14.6. The van der Waals surface area contributed by atoms with Crippen molar-refractivity contribution in [2.45, 2.75) is 26.0 Å². The minimum atomic E-state index is -0.307. The molecular formula is C22H22N4O4. The molecule has 4 rings (SSSR count). The molecule has 1 N–H and O–H groups in total. The lowest BCUT2D eigenvalue weighted by molar-refractivity contribution is -0.121. The summed E-state index contributed by atoms with van der Waals surface area (Å²) in [6.45, 7) is 2.77. The summed E-state index contributed by atoms with van der Waals surface area (Å²) >= 11 is 0. The molecule has 154 valence electrons. The Morgan fingerprint density at radius 2 is 1.97 bits per heavy atom. The third-order valence-electron chi connectivity index (χ3n) is 4.91. The molecular weight excluding hydrogens is 384 g/mol. The first kappa shape index (κ1) is 19.6. The number of carbonyl (C=O) groups is 2. The number of carbonyl (C=O) groups excluding carboxylic acids is 2. The minimum absolute atomic E-state index is 0.0559. The van der Waals surface area contributed by atoms with Crippen molar-refractivity contribution in [3.05, 3.63) is 77.4 Å². The zero-order chi connectivity index (χ0) is 20.9. The molecule has 1 atom stereocenters. The second-order valence-electron chi connectivity index (χ2n) is 7.02. The van der Waals surface area contributed by atoms with Crippen molar-refractivity contribution in [3.8, 4) is 5.75 Å². The Morgan fingerprint density at radius 3 is 2.67 bits per heavy atom. The smallest absolute Gasteiger partial charge is 0.254 e. The highest BCUT2D eigenvalue weighted by atomic mass is 16.5. The Morgan fingerprint density at radius 1 is 1.20 bits per heavy atom. The molecule has 1 aliphatic rings. The zero-order valence-corrected chi connectivity index (χ0v) is 16.6. The molecule has 0 radical (unpaired) electrons. The highest BCUT2D eigenvalue weighted by Crippen LogP contribution is 2.27. The van der Waals surface area contributed by atoms with E-state index in [-0.39, 0.29) is 30.9 Å². The Kier molecular flexibility index (Phi) is 5.74. The van der Waals surface area contributed by atoms with Gasteiger partial charge < -0.3 is 19.5 Å². The normalized spacial score (nSPS) is 16.6. The number of hydrogen-bond acceptors (Lipinski definition) is 6. The summed E-state index contributed by atoms with van der Waals surface area (Å²) in [4.78, 5) is 31.2. The number of hydrogen-bond donors (Lipinski definition) is 1. The molecule has 1 aliphatic heterocycles. The molecule has 1 saturated heterocycles. The lowest BCUT2D eigenvalue weighted by Gasteiger charge is -2.29. The van der Waals surface area contributed by atoms with Crippen molar-refractivity contribution in [1.82, 2.24) is 20.4 Å². The van der Waals surface area contributed by atoms with Gasteiger partial charge in [0.15, 0.2) is 6.61 Å². The Balaban J connectivity index is 1.49. The van der Waals surface area contributed by atoms with Gasteiger partial charge in [0, 0.05) is 25.6 Å². The molecule has 0 bridgehead atoms. The van der Waals surface area contributed by atoms with Crippen LogP contribution < -0.4 is 10.1 Å². The van der Waals surface area contributed by atoms with E-state index in [1.807, 2.05) is 30.3 Å². The number of nitrogens with one attached hydrogen (secondary N) is 1. The van der Waals surface area contributed by atoms with E-state index in [4.69, 9.17) is 9.26 Å². The summed E-state index contributed by atoms with van der Waals surface area (Å²) < 4.78 is 10.6. The van der Waals surface area contributed by atoms with Crippen LogP contribution in [0.5, 0.6) is 5.75 Å². The van der Waals surface area contributed by atoms with Gasteiger partial charge in [-0.2, -0.15) is 4.98 Å². The first-order valence-electron chi connectivity index (χ1n) is 9.75. The molecule has 1 aromatic heterocycles. The number of amides is 2. The molecule has 2 amide bonds. The predicted octanol–water partition coefficient (Wildman–Crippen LogP) is 2.66. The molecule has 2 aromatic carbocycles. The van der Waals surface area contributed by atoms with Crippen molar-refractivity contribution in [2.24, 2.45) is 0 Å². The molecule has 2 heterocycles. The van der Waals surface area contributed by atoms with Crippen LogP contribution in [0.2, 0.25) is 0 Å². The van der Waals surface area contributed by atoms with Crippen LogP contribution in [0.15, 0.2) is 59.1 Å². The standard InChI is InChI=1S/C22H22N4O4/c1-15-24-20(25-30-15)14-29-18-9-7-17(8-10-18)22(28)26-12-11-23-21(27)13-19(26)16-5-3-2-4-6-16/h2-10,19H,11-14H2,1H3,(H,23,27). The Labute approximate surface area is 173 Å². The summed E-state index contributed by atoms with van der Waals surface area (Å²) in [7, 11) is 0. The van der Waals surface area contributed by atoms with Gasteiger partial charge in [0.05, 0.1) is 12.5 Å². The van der Waals surface area contributed by atoms with Gasteiger partial charge in [-0.05, 0) is 29.8 Å². The third-order valence-corrected chi connectivity index (χ3v) is 4.91. The second-order valence-corrected chi connectivity index (χ2v) is 7.02. The maximum absolute atomic E-state index is 13.2. The van der Waals surface area contributed by atoms with E-state index in [0.717, 1.165) is 5.56 Å². The maximum Gasteiger partial charge on any atom is 0.254 e. The quantitative estimate of drug-likeness (QED) is 0.700. The summed E-state index contributed by atoms with van der Waals surface area (Å²) in [5.41, 5.74) is 1.48. The van der Waals surface area contributed by atoms with Gasteiger partial charge in [-0.3, -0.25) is 9.59 Å². The SMILES string of the molecule is Cc1nc(COc2ccc(C(=O)N3CCNC(=O)CC3c3ccccc3)cc2)no1. The van der Waals surface area contributed by atoms with Crippen LogP contribution in [-0.4, -0.2) is 39.9 Å². The molecule has 0 saturated carbocycles. The maximum atomic E-state index is 13.2. The van der Waals surface area contributed by atoms with E-state index in [9.17, 15) is 9.59 Å². The van der Waals surface area contributed by atoms with Gasteiger partial charge in [0.2, 0.25) is 17.6 Å². The van der Waals surface area contributed by atoms with E-state index in [1.165, 1.54) is 0 Å². The Bertz CT molecular complexity index is 1020. The number of benzene rings is 2. The van der Waals surface area contributed by atoms with E-state index >= 15 is 0 Å². The van der Waals surface area contributed by atoms with E-state index < -0.39 is 0 Å². The van der Waals surface area contributed by atoms with Gasteiger partial charge in [-0.15, -0.1) is 0 Å². The zero-order valence-electron chi connectivity index (χ0n) is 16.6. The van der Waals surface area contributed by atoms with E-state index in [0.29, 0.717) is 36.1 Å². The van der Waals surface area contributed by atoms with Crippen molar-refractivity contribution in [2.75, 3.05) is 13.1 Å². The molecule has 0 aliphatic carbocycles. The monoisotopic (exact) mass is 406 g/mol. The first-order valence-corrected chi connectivity index (χ1v) is 9.75. The van der Waals surface area contributed by atoms with Crippen molar-refractivity contribution < 1.29 is 18.8 Å². The molecule has 3 aromatic rings. The van der Waals surface area contributed by atoms with Crippen LogP contribution >= 0.6 is 0 Å². The fourth-order valence-corrected chi connectivity index (χ4v) is 3.45. The lowest BCUT2D eigenvalue weighted by atomic mass is 10.0. The van der Waals surface area contributed by atoms with Crippen LogP contribution in [0.1, 0.15) is 40.1 Å². The van der Waals surface area contributed by atoms with Gasteiger partial charge in [-0.25, -0.2) is 0 Å². The highest BCUT2D eigenvalue weighted by Gasteiger charge is 2.30. The molecule has 30 heavy (non-hydrogen) atoms. The molecule has 0 spiro atoms. The van der Waals surface area contributed by atoms with Crippen molar-refractivity contribution >= 4 is 11.8 Å². The summed E-state index contributed by atoms with van der Waals surface area (Å²) in [5, 5.41) is 6.64. The number of aryl methyl sites for hydroxylation is 1. The average Bonchev–Trinajstić information content (AvgIpc) is 3.09. The lowest BCUT2D eigenvalue weighted by Crippen LogP contribution is -2.36. The largest absolute Gasteiger partial charge is 0.485 e. The van der Waals surface area contributed by atoms with Crippen LogP contribution in [0.3, 0.4) is 0 Å². The molecule has 8 nitrogen and oxygen atoms in total. The van der Waals surface area contributed by atoms with E-state index in [1.54, 1.807) is 36.1 Å². The molecule has 8 heteroatoms. The summed E-state index contributed by atoms with van der Waals surface area (Å²) in [6, 6.07) is 16.2. The summed E-state index contributed by atoms with van der Waals surface area (Å²) in [6.07, 6.45) is 0.237. The minimum Gasteiger partial charge on any atom is -0.485 e. The third kappa shape index (κ3) is 4.48. The van der Waals surface area contributed by atoms with Gasteiger partial charge in [-0.1, -0.05) is 35.5 Å². The van der Waals surface area contributed by atoms with E-state index in [2.05, 4.69) is 15.5 Å². The fourth-order valence-electron chi connectivity index (χ4n) is 3.45. The van der Waals surface area contributed by atoms with Crippen molar-refractivity contribution in [1.29, 1.82) is 0 Å². The Hall–Kier alpha value is -3.68.